The van der Waals surface area contributed by atoms with Crippen LogP contribution in [0.2, 0.25) is 0 Å². The highest BCUT2D eigenvalue weighted by atomic mass is 15.2. The standard InChI is InChI=1S/C17H26N4/c1-13-11-16(12-18)17(19-15(13)3)20(4)10-7-14(2)21-8-5-6-9-21/h11,14H,5-10H2,1-4H3. The van der Waals surface area contributed by atoms with Gasteiger partial charge in [0.15, 0.2) is 0 Å². The summed E-state index contributed by atoms with van der Waals surface area (Å²) in [6, 6.07) is 4.82. The molecular formula is C17H26N4. The Morgan fingerprint density at radius 3 is 2.67 bits per heavy atom. The molecule has 1 aliphatic rings. The average molecular weight is 286 g/mol. The molecule has 0 aromatic carbocycles. The van der Waals surface area contributed by atoms with E-state index < -0.39 is 0 Å². The summed E-state index contributed by atoms with van der Waals surface area (Å²) in [6.07, 6.45) is 3.77. The lowest BCUT2D eigenvalue weighted by Gasteiger charge is -2.27. The SMILES string of the molecule is Cc1cc(C#N)c(N(C)CCC(C)N2CCCC2)nc1C. The third-order valence-corrected chi connectivity index (χ3v) is 4.57. The molecule has 1 unspecified atom stereocenters. The van der Waals surface area contributed by atoms with Crippen LogP contribution in [0.5, 0.6) is 0 Å². The van der Waals surface area contributed by atoms with E-state index in [-0.39, 0.29) is 0 Å². The van der Waals surface area contributed by atoms with Crippen LogP contribution in [-0.2, 0) is 0 Å². The number of nitriles is 1. The smallest absolute Gasteiger partial charge is 0.146 e. The maximum Gasteiger partial charge on any atom is 0.146 e. The van der Waals surface area contributed by atoms with Gasteiger partial charge in [-0.2, -0.15) is 5.26 Å². The number of hydrogen-bond acceptors (Lipinski definition) is 4. The molecule has 1 saturated heterocycles. The van der Waals surface area contributed by atoms with Crippen LogP contribution in [-0.4, -0.2) is 42.6 Å². The van der Waals surface area contributed by atoms with Crippen LogP contribution >= 0.6 is 0 Å². The van der Waals surface area contributed by atoms with Crippen molar-refractivity contribution in [1.29, 1.82) is 5.26 Å². The van der Waals surface area contributed by atoms with Crippen LogP contribution < -0.4 is 4.90 Å². The van der Waals surface area contributed by atoms with Crippen molar-refractivity contribution in [2.45, 2.75) is 46.1 Å². The van der Waals surface area contributed by atoms with Crippen molar-refractivity contribution in [3.05, 3.63) is 22.9 Å². The molecule has 0 spiro atoms. The van der Waals surface area contributed by atoms with E-state index in [1.807, 2.05) is 27.0 Å². The van der Waals surface area contributed by atoms with Crippen LogP contribution in [0.15, 0.2) is 6.07 Å². The second-order valence-electron chi connectivity index (χ2n) is 6.18. The number of hydrogen-bond donors (Lipinski definition) is 0. The van der Waals surface area contributed by atoms with Crippen molar-refractivity contribution >= 4 is 5.82 Å². The quantitative estimate of drug-likeness (QED) is 0.835. The van der Waals surface area contributed by atoms with Crippen LogP contribution in [0.3, 0.4) is 0 Å². The summed E-state index contributed by atoms with van der Waals surface area (Å²) >= 11 is 0. The Morgan fingerprint density at radius 1 is 1.38 bits per heavy atom. The van der Waals surface area contributed by atoms with E-state index in [9.17, 15) is 5.26 Å². The molecule has 0 saturated carbocycles. The van der Waals surface area contributed by atoms with Gasteiger partial charge in [-0.15, -0.1) is 0 Å². The zero-order chi connectivity index (χ0) is 15.4. The molecule has 21 heavy (non-hydrogen) atoms. The molecule has 2 rings (SSSR count). The van der Waals surface area contributed by atoms with Crippen molar-refractivity contribution in [3.63, 3.8) is 0 Å². The maximum absolute atomic E-state index is 9.31. The molecule has 1 aromatic heterocycles. The fraction of sp³-hybridized carbons (Fsp3) is 0.647. The van der Waals surface area contributed by atoms with Crippen LogP contribution in [0.4, 0.5) is 5.82 Å². The summed E-state index contributed by atoms with van der Waals surface area (Å²) in [5.41, 5.74) is 2.76. The van der Waals surface area contributed by atoms with Gasteiger partial charge in [0.25, 0.3) is 0 Å². The lowest BCUT2D eigenvalue weighted by molar-refractivity contribution is 0.249. The van der Waals surface area contributed by atoms with Gasteiger partial charge in [-0.25, -0.2) is 4.98 Å². The van der Waals surface area contributed by atoms with Gasteiger partial charge >= 0.3 is 0 Å². The van der Waals surface area contributed by atoms with E-state index in [1.54, 1.807) is 0 Å². The summed E-state index contributed by atoms with van der Waals surface area (Å²) in [4.78, 5) is 9.29. The van der Waals surface area contributed by atoms with Gasteiger partial charge in [0.1, 0.15) is 11.9 Å². The lowest BCUT2D eigenvalue weighted by Crippen LogP contribution is -2.34. The van der Waals surface area contributed by atoms with Crippen molar-refractivity contribution < 1.29 is 0 Å². The maximum atomic E-state index is 9.31. The molecule has 2 heterocycles. The van der Waals surface area contributed by atoms with Gasteiger partial charge in [-0.3, -0.25) is 0 Å². The van der Waals surface area contributed by atoms with Crippen LogP contribution in [0, 0.1) is 25.2 Å². The van der Waals surface area contributed by atoms with Gasteiger partial charge in [-0.05, 0) is 64.8 Å². The molecule has 114 valence electrons. The Morgan fingerprint density at radius 2 is 2.05 bits per heavy atom. The predicted molar refractivity (Wildman–Crippen MR) is 86.6 cm³/mol. The first-order valence-electron chi connectivity index (χ1n) is 7.86. The fourth-order valence-electron chi connectivity index (χ4n) is 2.92. The van der Waals surface area contributed by atoms with Gasteiger partial charge in [0.2, 0.25) is 0 Å². The first-order valence-corrected chi connectivity index (χ1v) is 7.86. The predicted octanol–water partition coefficient (Wildman–Crippen LogP) is 2.88. The zero-order valence-electron chi connectivity index (χ0n) is 13.7. The summed E-state index contributed by atoms with van der Waals surface area (Å²) < 4.78 is 0. The van der Waals surface area contributed by atoms with Crippen molar-refractivity contribution in [1.82, 2.24) is 9.88 Å². The molecule has 0 N–H and O–H groups in total. The molecule has 0 aliphatic carbocycles. The van der Waals surface area contributed by atoms with Gasteiger partial charge in [-0.1, -0.05) is 0 Å². The Labute approximate surface area is 128 Å². The highest BCUT2D eigenvalue weighted by Crippen LogP contribution is 2.21. The van der Waals surface area contributed by atoms with E-state index in [2.05, 4.69) is 27.8 Å². The van der Waals surface area contributed by atoms with Crippen molar-refractivity contribution in [2.24, 2.45) is 0 Å². The molecule has 1 fully saturated rings. The number of rotatable bonds is 5. The third kappa shape index (κ3) is 3.74. The first kappa shape index (κ1) is 15.8. The van der Waals surface area contributed by atoms with E-state index in [0.717, 1.165) is 30.0 Å². The normalized spacial score (nSPS) is 16.7. The molecular weight excluding hydrogens is 260 g/mol. The van der Waals surface area contributed by atoms with Crippen LogP contribution in [0.1, 0.15) is 43.0 Å². The third-order valence-electron chi connectivity index (χ3n) is 4.57. The number of aromatic nitrogens is 1. The monoisotopic (exact) mass is 286 g/mol. The highest BCUT2D eigenvalue weighted by Gasteiger charge is 2.19. The minimum absolute atomic E-state index is 0.604. The summed E-state index contributed by atoms with van der Waals surface area (Å²) in [5.74, 6) is 0.814. The zero-order valence-corrected chi connectivity index (χ0v) is 13.7. The molecule has 4 nitrogen and oxygen atoms in total. The van der Waals surface area contributed by atoms with Crippen LogP contribution in [0.25, 0.3) is 0 Å². The highest BCUT2D eigenvalue weighted by molar-refractivity contribution is 5.55. The molecule has 0 amide bonds. The van der Waals surface area contributed by atoms with Crippen molar-refractivity contribution in [3.8, 4) is 6.07 Å². The van der Waals surface area contributed by atoms with Gasteiger partial charge < -0.3 is 9.80 Å². The second-order valence-corrected chi connectivity index (χ2v) is 6.18. The minimum atomic E-state index is 0.604. The van der Waals surface area contributed by atoms with E-state index in [0.29, 0.717) is 11.6 Å². The molecule has 1 aromatic rings. The molecule has 0 radical (unpaired) electrons. The minimum Gasteiger partial charge on any atom is -0.359 e. The Bertz CT molecular complexity index is 526. The largest absolute Gasteiger partial charge is 0.359 e. The average Bonchev–Trinajstić information content (AvgIpc) is 3.01. The number of nitrogens with zero attached hydrogens (tertiary/aromatic N) is 4. The molecule has 0 bridgehead atoms. The Balaban J connectivity index is 2.01. The Kier molecular flexibility index (Phi) is 5.19. The summed E-state index contributed by atoms with van der Waals surface area (Å²) in [5, 5.41) is 9.31. The topological polar surface area (TPSA) is 43.2 Å². The van der Waals surface area contributed by atoms with Gasteiger partial charge in [0, 0.05) is 25.3 Å². The second kappa shape index (κ2) is 6.91. The number of likely N-dealkylation sites (tertiary alicyclic amines) is 1. The number of anilines is 1. The van der Waals surface area contributed by atoms with E-state index in [4.69, 9.17) is 0 Å². The number of aryl methyl sites for hydroxylation is 2. The summed E-state index contributed by atoms with van der Waals surface area (Å²) in [7, 11) is 2.04. The molecule has 4 heteroatoms. The van der Waals surface area contributed by atoms with Crippen molar-refractivity contribution in [2.75, 3.05) is 31.6 Å². The molecule has 1 atom stereocenters. The van der Waals surface area contributed by atoms with E-state index in [1.165, 1.54) is 25.9 Å². The molecule has 1 aliphatic heterocycles. The van der Waals surface area contributed by atoms with E-state index >= 15 is 0 Å². The fourth-order valence-corrected chi connectivity index (χ4v) is 2.92. The Hall–Kier alpha value is -1.60. The van der Waals surface area contributed by atoms with Gasteiger partial charge in [0.05, 0.1) is 5.56 Å². The number of pyridine rings is 1. The lowest BCUT2D eigenvalue weighted by atomic mass is 10.1. The first-order chi connectivity index (χ1) is 10.0. The summed E-state index contributed by atoms with van der Waals surface area (Å²) in [6.45, 7) is 9.70.